The van der Waals surface area contributed by atoms with E-state index in [0.29, 0.717) is 0 Å². The average Bonchev–Trinajstić information content (AvgIpc) is 3.14. The van der Waals surface area contributed by atoms with Crippen LogP contribution in [0, 0.1) is 0 Å². The summed E-state index contributed by atoms with van der Waals surface area (Å²) in [6.07, 6.45) is -7.01. The number of benzene rings is 1. The number of hydrogen-bond acceptors (Lipinski definition) is 9. The Hall–Kier alpha value is -2.70. The molecule has 6 atom stereocenters. The number of carbonyl (C=O) groups excluding carboxylic acids is 2. The van der Waals surface area contributed by atoms with Gasteiger partial charge in [0.05, 0.1) is 0 Å². The Morgan fingerprint density at radius 1 is 1.12 bits per heavy atom. The van der Waals surface area contributed by atoms with Gasteiger partial charge < -0.3 is 44.9 Å². The molecule has 11 heteroatoms. The molecule has 2 heterocycles. The van der Waals surface area contributed by atoms with Crippen LogP contribution in [0.25, 0.3) is 10.9 Å². The highest BCUT2D eigenvalue weighted by Crippen LogP contribution is 2.22. The van der Waals surface area contributed by atoms with Crippen LogP contribution in [0.4, 0.5) is 4.79 Å². The minimum atomic E-state index is -1.76. The largest absolute Gasteiger partial charge is 0.461 e. The number of ether oxygens (including phenoxy) is 3. The molecular formula is C22H30N2O9. The zero-order valence-electron chi connectivity index (χ0n) is 18.6. The van der Waals surface area contributed by atoms with Gasteiger partial charge in [0.15, 0.2) is 6.29 Å². The monoisotopic (exact) mass is 466 g/mol. The maximum Gasteiger partial charge on any atom is 0.408 e. The summed E-state index contributed by atoms with van der Waals surface area (Å²) in [6, 6.07) is 6.32. The van der Waals surface area contributed by atoms with Crippen molar-refractivity contribution < 1.29 is 44.2 Å². The van der Waals surface area contributed by atoms with Crippen molar-refractivity contribution >= 4 is 23.0 Å². The van der Waals surface area contributed by atoms with Gasteiger partial charge in [0.1, 0.15) is 42.7 Å². The number of aromatic amines is 1. The average molecular weight is 466 g/mol. The molecule has 1 saturated heterocycles. The standard InChI is InChI=1S/C22H30N2O9/c1-22(2,3)33-21(30)24-14(8-11-9-23-13-7-5-4-6-12(11)13)19(28)31-10-15-16(25)17(26)18(27)20(29)32-15/h4-7,9,14-18,20,23,25-27,29H,8,10H2,1-3H3,(H,24,30). The molecule has 33 heavy (non-hydrogen) atoms. The topological polar surface area (TPSA) is 171 Å². The van der Waals surface area contributed by atoms with Crippen molar-refractivity contribution in [3.8, 4) is 0 Å². The zero-order chi connectivity index (χ0) is 24.3. The minimum absolute atomic E-state index is 0.0835. The molecular weight excluding hydrogens is 436 g/mol. The van der Waals surface area contributed by atoms with Gasteiger partial charge in [0.2, 0.25) is 0 Å². The van der Waals surface area contributed by atoms with Crippen LogP contribution < -0.4 is 5.32 Å². The molecule has 1 fully saturated rings. The van der Waals surface area contributed by atoms with E-state index in [1.54, 1.807) is 27.0 Å². The number of amides is 1. The Bertz CT molecular complexity index is 970. The van der Waals surface area contributed by atoms with E-state index in [0.717, 1.165) is 16.5 Å². The van der Waals surface area contributed by atoms with Gasteiger partial charge in [0.25, 0.3) is 0 Å². The highest BCUT2D eigenvalue weighted by Gasteiger charge is 2.43. The molecule has 1 amide bonds. The first-order valence-corrected chi connectivity index (χ1v) is 10.5. The second-order valence-corrected chi connectivity index (χ2v) is 8.93. The summed E-state index contributed by atoms with van der Waals surface area (Å²) in [4.78, 5) is 28.3. The van der Waals surface area contributed by atoms with E-state index in [4.69, 9.17) is 14.2 Å². The van der Waals surface area contributed by atoms with E-state index in [1.807, 2.05) is 24.3 Å². The number of para-hydroxylation sites is 1. The second-order valence-electron chi connectivity index (χ2n) is 8.93. The third-order valence-corrected chi connectivity index (χ3v) is 5.15. The van der Waals surface area contributed by atoms with Crippen molar-refractivity contribution in [2.24, 2.45) is 0 Å². The summed E-state index contributed by atoms with van der Waals surface area (Å²) in [6.45, 7) is 4.53. The SMILES string of the molecule is CC(C)(C)OC(=O)NC(Cc1c[nH]c2ccccc12)C(=O)OCC1OC(O)C(O)C(O)C1O. The molecule has 11 nitrogen and oxygen atoms in total. The molecule has 0 saturated carbocycles. The van der Waals surface area contributed by atoms with Crippen LogP contribution in [0.1, 0.15) is 26.3 Å². The number of carbonyl (C=O) groups is 2. The van der Waals surface area contributed by atoms with E-state index in [9.17, 15) is 30.0 Å². The molecule has 6 N–H and O–H groups in total. The predicted octanol–water partition coefficient (Wildman–Crippen LogP) is -0.0532. The molecule has 1 aliphatic heterocycles. The van der Waals surface area contributed by atoms with Crippen LogP contribution in [-0.4, -0.2) is 86.4 Å². The minimum Gasteiger partial charge on any atom is -0.461 e. The van der Waals surface area contributed by atoms with Gasteiger partial charge in [-0.25, -0.2) is 9.59 Å². The molecule has 0 aliphatic carbocycles. The lowest BCUT2D eigenvalue weighted by molar-refractivity contribution is -0.287. The second kappa shape index (κ2) is 10.1. The third-order valence-electron chi connectivity index (χ3n) is 5.15. The fourth-order valence-corrected chi connectivity index (χ4v) is 3.50. The number of aliphatic hydroxyl groups excluding tert-OH is 4. The first-order chi connectivity index (χ1) is 15.5. The Morgan fingerprint density at radius 2 is 1.82 bits per heavy atom. The van der Waals surface area contributed by atoms with E-state index in [1.165, 1.54) is 0 Å². The molecule has 0 spiro atoms. The van der Waals surface area contributed by atoms with Gasteiger partial charge in [0, 0.05) is 23.5 Å². The van der Waals surface area contributed by atoms with Crippen LogP contribution in [-0.2, 0) is 25.4 Å². The van der Waals surface area contributed by atoms with Gasteiger partial charge in [-0.05, 0) is 32.4 Å². The molecule has 182 valence electrons. The lowest BCUT2D eigenvalue weighted by Gasteiger charge is -2.38. The predicted molar refractivity (Wildman–Crippen MR) is 115 cm³/mol. The number of H-pyrrole nitrogens is 1. The first kappa shape index (κ1) is 24.9. The molecule has 1 aromatic carbocycles. The molecule has 6 unspecified atom stereocenters. The van der Waals surface area contributed by atoms with Crippen molar-refractivity contribution in [2.75, 3.05) is 6.61 Å². The lowest BCUT2D eigenvalue weighted by Crippen LogP contribution is -2.59. The van der Waals surface area contributed by atoms with Crippen LogP contribution in [0.5, 0.6) is 0 Å². The van der Waals surface area contributed by atoms with Crippen LogP contribution in [0.2, 0.25) is 0 Å². The Kier molecular flexibility index (Phi) is 7.60. The van der Waals surface area contributed by atoms with Gasteiger partial charge in [-0.1, -0.05) is 18.2 Å². The van der Waals surface area contributed by atoms with Gasteiger partial charge >= 0.3 is 12.1 Å². The maximum atomic E-state index is 12.9. The first-order valence-electron chi connectivity index (χ1n) is 10.5. The quantitative estimate of drug-likeness (QED) is 0.319. The number of hydrogen-bond donors (Lipinski definition) is 6. The summed E-state index contributed by atoms with van der Waals surface area (Å²) in [7, 11) is 0. The van der Waals surface area contributed by atoms with Gasteiger partial charge in [-0.3, -0.25) is 0 Å². The van der Waals surface area contributed by atoms with Crippen molar-refractivity contribution in [3.05, 3.63) is 36.0 Å². The molecule has 3 rings (SSSR count). The van der Waals surface area contributed by atoms with Crippen LogP contribution in [0.3, 0.4) is 0 Å². The third kappa shape index (κ3) is 6.21. The maximum absolute atomic E-state index is 12.9. The summed E-state index contributed by atoms with van der Waals surface area (Å²) < 4.78 is 15.5. The van der Waals surface area contributed by atoms with E-state index >= 15 is 0 Å². The Morgan fingerprint density at radius 3 is 2.52 bits per heavy atom. The summed E-state index contributed by atoms with van der Waals surface area (Å²) >= 11 is 0. The number of nitrogens with one attached hydrogen (secondary N) is 2. The fraction of sp³-hybridized carbons (Fsp3) is 0.545. The van der Waals surface area contributed by atoms with Crippen molar-refractivity contribution in [2.45, 2.75) is 69.5 Å². The Balaban J connectivity index is 1.72. The number of rotatable bonds is 6. The normalized spacial score (nSPS) is 26.6. The highest BCUT2D eigenvalue weighted by atomic mass is 16.7. The summed E-state index contributed by atoms with van der Waals surface area (Å²) in [5.74, 6) is -0.836. The molecule has 1 aromatic heterocycles. The molecule has 1 aliphatic rings. The Labute approximate surface area is 190 Å². The van der Waals surface area contributed by atoms with Crippen molar-refractivity contribution in [3.63, 3.8) is 0 Å². The van der Waals surface area contributed by atoms with E-state index in [2.05, 4.69) is 10.3 Å². The smallest absolute Gasteiger partial charge is 0.408 e. The zero-order valence-corrected chi connectivity index (χ0v) is 18.6. The molecule has 2 aromatic rings. The molecule has 0 bridgehead atoms. The number of aromatic nitrogens is 1. The van der Waals surface area contributed by atoms with Crippen molar-refractivity contribution in [1.29, 1.82) is 0 Å². The number of esters is 1. The van der Waals surface area contributed by atoms with Gasteiger partial charge in [-0.2, -0.15) is 0 Å². The van der Waals surface area contributed by atoms with E-state index in [-0.39, 0.29) is 6.42 Å². The van der Waals surface area contributed by atoms with Crippen LogP contribution >= 0.6 is 0 Å². The highest BCUT2D eigenvalue weighted by molar-refractivity contribution is 5.86. The fourth-order valence-electron chi connectivity index (χ4n) is 3.50. The summed E-state index contributed by atoms with van der Waals surface area (Å²) in [5.41, 5.74) is 0.829. The number of alkyl carbamates (subject to hydrolysis) is 1. The lowest BCUT2D eigenvalue weighted by atomic mass is 9.99. The number of aliphatic hydroxyl groups is 4. The van der Waals surface area contributed by atoms with Crippen molar-refractivity contribution in [1.82, 2.24) is 10.3 Å². The summed E-state index contributed by atoms with van der Waals surface area (Å²) in [5, 5.41) is 42.4. The van der Waals surface area contributed by atoms with E-state index < -0.39 is 61.0 Å². The van der Waals surface area contributed by atoms with Gasteiger partial charge in [-0.15, -0.1) is 0 Å². The molecule has 0 radical (unpaired) electrons. The number of fused-ring (bicyclic) bond motifs is 1. The van der Waals surface area contributed by atoms with Crippen LogP contribution in [0.15, 0.2) is 30.5 Å².